The summed E-state index contributed by atoms with van der Waals surface area (Å²) in [6.07, 6.45) is -0.460. The summed E-state index contributed by atoms with van der Waals surface area (Å²) in [5.41, 5.74) is 1.25. The number of hydrogen-bond donors (Lipinski definition) is 1. The highest BCUT2D eigenvalue weighted by Crippen LogP contribution is 2.15. The summed E-state index contributed by atoms with van der Waals surface area (Å²) in [7, 11) is 3.88. The molecule has 0 spiro atoms. The van der Waals surface area contributed by atoms with E-state index in [2.05, 4.69) is 47.7 Å². The molecule has 6 heteroatoms. The second kappa shape index (κ2) is 11.6. The van der Waals surface area contributed by atoms with Crippen molar-refractivity contribution in [3.8, 4) is 5.75 Å². The molecule has 1 heterocycles. The van der Waals surface area contributed by atoms with Crippen molar-refractivity contribution in [3.05, 3.63) is 29.8 Å². The van der Waals surface area contributed by atoms with E-state index in [4.69, 9.17) is 9.47 Å². The number of benzene rings is 1. The Hall–Kier alpha value is -1.18. The molecule has 1 aromatic carbocycles. The zero-order valence-electron chi connectivity index (χ0n) is 17.4. The van der Waals surface area contributed by atoms with Crippen molar-refractivity contribution in [1.82, 2.24) is 14.7 Å². The molecule has 0 radical (unpaired) electrons. The Morgan fingerprint density at radius 2 is 1.78 bits per heavy atom. The van der Waals surface area contributed by atoms with Gasteiger partial charge in [0.15, 0.2) is 0 Å². The van der Waals surface area contributed by atoms with Crippen LogP contribution >= 0.6 is 0 Å². The van der Waals surface area contributed by atoms with Gasteiger partial charge < -0.3 is 19.5 Å². The predicted octanol–water partition coefficient (Wildman–Crippen LogP) is 1.53. The molecule has 2 rings (SSSR count). The molecule has 0 amide bonds. The number of aliphatic hydroxyl groups is 1. The lowest BCUT2D eigenvalue weighted by Crippen LogP contribution is -2.47. The third kappa shape index (κ3) is 8.15. The fourth-order valence-electron chi connectivity index (χ4n) is 3.23. The van der Waals surface area contributed by atoms with Crippen molar-refractivity contribution in [2.24, 2.45) is 0 Å². The lowest BCUT2D eigenvalue weighted by Gasteiger charge is -2.33. The maximum Gasteiger partial charge on any atom is 0.119 e. The quantitative estimate of drug-likeness (QED) is 0.629. The monoisotopic (exact) mass is 379 g/mol. The number of rotatable bonds is 11. The Balaban J connectivity index is 1.74. The Kier molecular flexibility index (Phi) is 9.51. The van der Waals surface area contributed by atoms with Gasteiger partial charge in [-0.15, -0.1) is 0 Å². The molecule has 1 fully saturated rings. The number of aliphatic hydroxyl groups excluding tert-OH is 1. The van der Waals surface area contributed by atoms with Crippen molar-refractivity contribution in [2.75, 3.05) is 66.6 Å². The molecule has 0 bridgehead atoms. The minimum atomic E-state index is -0.460. The fraction of sp³-hybridized carbons (Fsp3) is 0.714. The van der Waals surface area contributed by atoms with E-state index in [1.165, 1.54) is 5.56 Å². The highest BCUT2D eigenvalue weighted by molar-refractivity contribution is 5.27. The summed E-state index contributed by atoms with van der Waals surface area (Å²) >= 11 is 0. The molecule has 0 saturated carbocycles. The van der Waals surface area contributed by atoms with Gasteiger partial charge in [0.05, 0.1) is 6.61 Å². The van der Waals surface area contributed by atoms with Crippen LogP contribution in [0.1, 0.15) is 19.4 Å². The first kappa shape index (κ1) is 22.1. The van der Waals surface area contributed by atoms with Crippen LogP contribution in [-0.4, -0.2) is 98.6 Å². The van der Waals surface area contributed by atoms with Crippen LogP contribution in [0.4, 0.5) is 0 Å². The first-order chi connectivity index (χ1) is 13.0. The SMILES string of the molecule is COCCN(Cc1ccc(OC[C@@H](O)CN2CCN(C)CC2)cc1)C(C)C. The van der Waals surface area contributed by atoms with E-state index in [1.54, 1.807) is 7.11 Å². The minimum absolute atomic E-state index is 0.331. The van der Waals surface area contributed by atoms with E-state index >= 15 is 0 Å². The van der Waals surface area contributed by atoms with Gasteiger partial charge in [-0.2, -0.15) is 0 Å². The number of piperazine rings is 1. The summed E-state index contributed by atoms with van der Waals surface area (Å²) in [5.74, 6) is 0.809. The first-order valence-corrected chi connectivity index (χ1v) is 10.0. The van der Waals surface area contributed by atoms with E-state index < -0.39 is 6.10 Å². The molecule has 0 unspecified atom stereocenters. The number of hydrogen-bond acceptors (Lipinski definition) is 6. The van der Waals surface area contributed by atoms with E-state index in [-0.39, 0.29) is 0 Å². The smallest absolute Gasteiger partial charge is 0.119 e. The third-order valence-corrected chi connectivity index (χ3v) is 5.13. The van der Waals surface area contributed by atoms with Gasteiger partial charge in [0.2, 0.25) is 0 Å². The van der Waals surface area contributed by atoms with Crippen LogP contribution in [0.2, 0.25) is 0 Å². The van der Waals surface area contributed by atoms with Crippen LogP contribution in [0, 0.1) is 0 Å². The van der Waals surface area contributed by atoms with Gasteiger partial charge in [-0.25, -0.2) is 0 Å². The second-order valence-electron chi connectivity index (χ2n) is 7.77. The van der Waals surface area contributed by atoms with Crippen molar-refractivity contribution in [3.63, 3.8) is 0 Å². The largest absolute Gasteiger partial charge is 0.491 e. The summed E-state index contributed by atoms with van der Waals surface area (Å²) in [4.78, 5) is 7.01. The van der Waals surface area contributed by atoms with Crippen molar-refractivity contribution < 1.29 is 14.6 Å². The zero-order valence-corrected chi connectivity index (χ0v) is 17.4. The molecule has 6 nitrogen and oxygen atoms in total. The van der Waals surface area contributed by atoms with Gasteiger partial charge in [0.1, 0.15) is 18.5 Å². The maximum atomic E-state index is 10.2. The average Bonchev–Trinajstić information content (AvgIpc) is 2.66. The Morgan fingerprint density at radius 3 is 2.37 bits per heavy atom. The number of nitrogens with zero attached hydrogens (tertiary/aromatic N) is 3. The Labute approximate surface area is 164 Å². The number of likely N-dealkylation sites (N-methyl/N-ethyl adjacent to an activating group) is 1. The molecule has 1 saturated heterocycles. The number of β-amino-alcohol motifs (C(OH)–C–C–N with tert-alkyl or cyclic N) is 1. The van der Waals surface area contributed by atoms with Gasteiger partial charge in [0.25, 0.3) is 0 Å². The molecule has 1 aliphatic rings. The Morgan fingerprint density at radius 1 is 1.11 bits per heavy atom. The lowest BCUT2D eigenvalue weighted by atomic mass is 10.2. The molecule has 1 N–H and O–H groups in total. The van der Waals surface area contributed by atoms with Crippen molar-refractivity contribution >= 4 is 0 Å². The predicted molar refractivity (Wildman–Crippen MR) is 109 cm³/mol. The van der Waals surface area contributed by atoms with Crippen LogP contribution in [0.3, 0.4) is 0 Å². The molecular formula is C21H37N3O3. The molecule has 1 aliphatic heterocycles. The standard InChI is InChI=1S/C21H37N3O3/c1-18(2)24(13-14-26-4)15-19-5-7-21(8-6-19)27-17-20(25)16-23-11-9-22(3)10-12-23/h5-8,18,20,25H,9-17H2,1-4H3/t20-/m0/s1. The first-order valence-electron chi connectivity index (χ1n) is 10.0. The fourth-order valence-corrected chi connectivity index (χ4v) is 3.23. The third-order valence-electron chi connectivity index (χ3n) is 5.13. The van der Waals surface area contributed by atoms with Crippen molar-refractivity contribution in [1.29, 1.82) is 0 Å². The normalized spacial score (nSPS) is 17.6. The highest BCUT2D eigenvalue weighted by Gasteiger charge is 2.17. The van der Waals surface area contributed by atoms with E-state index in [0.717, 1.165) is 51.6 Å². The molecule has 0 aromatic heterocycles. The molecule has 1 aromatic rings. The lowest BCUT2D eigenvalue weighted by molar-refractivity contribution is 0.0504. The molecule has 1 atom stereocenters. The minimum Gasteiger partial charge on any atom is -0.491 e. The van der Waals surface area contributed by atoms with Gasteiger partial charge >= 0.3 is 0 Å². The summed E-state index contributed by atoms with van der Waals surface area (Å²) in [5, 5.41) is 10.2. The second-order valence-corrected chi connectivity index (χ2v) is 7.77. The highest BCUT2D eigenvalue weighted by atomic mass is 16.5. The molecule has 0 aliphatic carbocycles. The average molecular weight is 380 g/mol. The van der Waals surface area contributed by atoms with Gasteiger partial charge in [-0.1, -0.05) is 12.1 Å². The number of ether oxygens (including phenoxy) is 2. The van der Waals surface area contributed by atoms with Gasteiger partial charge in [-0.05, 0) is 38.6 Å². The van der Waals surface area contributed by atoms with Gasteiger partial charge in [-0.3, -0.25) is 9.80 Å². The molecule has 27 heavy (non-hydrogen) atoms. The Bertz CT molecular complexity index is 516. The van der Waals surface area contributed by atoms with Crippen LogP contribution in [-0.2, 0) is 11.3 Å². The summed E-state index contributed by atoms with van der Waals surface area (Å²) < 4.78 is 11.0. The van der Waals surface area contributed by atoms with Crippen LogP contribution in [0.15, 0.2) is 24.3 Å². The summed E-state index contributed by atoms with van der Waals surface area (Å²) in [6.45, 7) is 12.1. The van der Waals surface area contributed by atoms with Crippen LogP contribution in [0.5, 0.6) is 5.75 Å². The molecule has 154 valence electrons. The van der Waals surface area contributed by atoms with E-state index in [9.17, 15) is 5.11 Å². The maximum absolute atomic E-state index is 10.2. The zero-order chi connectivity index (χ0) is 19.6. The van der Waals surface area contributed by atoms with E-state index in [1.807, 2.05) is 12.1 Å². The van der Waals surface area contributed by atoms with Crippen LogP contribution in [0.25, 0.3) is 0 Å². The van der Waals surface area contributed by atoms with E-state index in [0.29, 0.717) is 19.2 Å². The molecular weight excluding hydrogens is 342 g/mol. The van der Waals surface area contributed by atoms with Crippen molar-refractivity contribution in [2.45, 2.75) is 32.5 Å². The van der Waals surface area contributed by atoms with Crippen LogP contribution < -0.4 is 4.74 Å². The van der Waals surface area contributed by atoms with Gasteiger partial charge in [0, 0.05) is 59.0 Å². The summed E-state index contributed by atoms with van der Waals surface area (Å²) in [6, 6.07) is 8.66. The topological polar surface area (TPSA) is 48.4 Å². The number of methoxy groups -OCH3 is 1.